The molecule has 1 N–H and O–H groups in total. The molecule has 1 aromatic carbocycles. The first-order valence-electron chi connectivity index (χ1n) is 4.86. The van der Waals surface area contributed by atoms with Crippen molar-refractivity contribution in [3.8, 4) is 0 Å². The molecule has 16 heavy (non-hydrogen) atoms. The van der Waals surface area contributed by atoms with Crippen LogP contribution in [0, 0.1) is 0 Å². The minimum absolute atomic E-state index is 0.262. The molecule has 5 heteroatoms. The summed E-state index contributed by atoms with van der Waals surface area (Å²) in [6.45, 7) is 0.530. The van der Waals surface area contributed by atoms with Crippen molar-refractivity contribution >= 4 is 10.0 Å². The first kappa shape index (κ1) is 10.9. The number of nitrogens with zero attached hydrogens (tertiary/aromatic N) is 1. The lowest BCUT2D eigenvalue weighted by molar-refractivity contribution is 0.367. The summed E-state index contributed by atoms with van der Waals surface area (Å²) in [5.74, 6) is 0. The van der Waals surface area contributed by atoms with Gasteiger partial charge in [-0.05, 0) is 18.2 Å². The third-order valence-corrected chi connectivity index (χ3v) is 3.47. The molecule has 0 saturated heterocycles. The maximum atomic E-state index is 11.9. The van der Waals surface area contributed by atoms with Crippen molar-refractivity contribution in [1.29, 1.82) is 0 Å². The molecule has 0 aromatic heterocycles. The Kier molecular flexibility index (Phi) is 3.07. The van der Waals surface area contributed by atoms with Gasteiger partial charge in [0.25, 0.3) is 10.0 Å². The molecule has 84 valence electrons. The molecule has 0 fully saturated rings. The smallest absolute Gasteiger partial charge is 0.257 e. The molecule has 4 nitrogen and oxygen atoms in total. The van der Waals surface area contributed by atoms with E-state index in [0.717, 1.165) is 0 Å². The largest absolute Gasteiger partial charge is 0.298 e. The third-order valence-electron chi connectivity index (χ3n) is 2.11. The molecule has 1 aromatic rings. The van der Waals surface area contributed by atoms with E-state index >= 15 is 0 Å². The molecule has 2 rings (SSSR count). The van der Waals surface area contributed by atoms with Crippen LogP contribution in [0.25, 0.3) is 0 Å². The molecular formula is C11H12N2O2S. The average molecular weight is 236 g/mol. The van der Waals surface area contributed by atoms with Crippen molar-refractivity contribution in [2.45, 2.75) is 4.90 Å². The highest BCUT2D eigenvalue weighted by Crippen LogP contribution is 2.08. The molecule has 1 aliphatic rings. The Balaban J connectivity index is 2.15. The highest BCUT2D eigenvalue weighted by atomic mass is 32.2. The molecule has 0 amide bonds. The molecule has 1 aliphatic heterocycles. The van der Waals surface area contributed by atoms with Crippen molar-refractivity contribution in [3.63, 3.8) is 0 Å². The van der Waals surface area contributed by atoms with E-state index in [9.17, 15) is 8.42 Å². The number of nitrogens with one attached hydrogen (secondary N) is 1. The van der Waals surface area contributed by atoms with E-state index in [1.807, 2.05) is 12.2 Å². The molecule has 0 saturated carbocycles. The highest BCUT2D eigenvalue weighted by Gasteiger charge is 2.15. The Bertz CT molecular complexity index is 506. The maximum Gasteiger partial charge on any atom is 0.257 e. The summed E-state index contributed by atoms with van der Waals surface area (Å²) in [5.41, 5.74) is 0. The summed E-state index contributed by atoms with van der Waals surface area (Å²) >= 11 is 0. The Morgan fingerprint density at radius 2 is 1.88 bits per heavy atom. The van der Waals surface area contributed by atoms with Crippen LogP contribution in [0.1, 0.15) is 0 Å². The monoisotopic (exact) mass is 236 g/mol. The van der Waals surface area contributed by atoms with Gasteiger partial charge >= 0.3 is 0 Å². The van der Waals surface area contributed by atoms with Crippen LogP contribution >= 0.6 is 0 Å². The summed E-state index contributed by atoms with van der Waals surface area (Å²) < 4.78 is 23.8. The van der Waals surface area contributed by atoms with Gasteiger partial charge in [-0.1, -0.05) is 30.4 Å². The van der Waals surface area contributed by atoms with Crippen molar-refractivity contribution in [2.75, 3.05) is 6.54 Å². The Morgan fingerprint density at radius 3 is 2.50 bits per heavy atom. The summed E-state index contributed by atoms with van der Waals surface area (Å²) in [5, 5.41) is 1.52. The number of rotatable bonds is 3. The second-order valence-electron chi connectivity index (χ2n) is 3.33. The van der Waals surface area contributed by atoms with Gasteiger partial charge in [0.15, 0.2) is 0 Å². The zero-order valence-corrected chi connectivity index (χ0v) is 9.39. The van der Waals surface area contributed by atoms with Crippen molar-refractivity contribution in [2.24, 2.45) is 0 Å². The lowest BCUT2D eigenvalue weighted by Crippen LogP contribution is -2.39. The molecule has 0 aliphatic carbocycles. The quantitative estimate of drug-likeness (QED) is 0.859. The standard InChI is InChI=1S/C11H12N2O2S/c14-16(15,11-7-3-1-4-8-11)12-13-9-5-2-6-10-13/h1-9,12H,10H2. The van der Waals surface area contributed by atoms with Gasteiger partial charge in [-0.25, -0.2) is 8.42 Å². The number of hydrogen-bond donors (Lipinski definition) is 1. The minimum atomic E-state index is -3.47. The predicted molar refractivity (Wildman–Crippen MR) is 61.7 cm³/mol. The number of hydrazine groups is 1. The van der Waals surface area contributed by atoms with Gasteiger partial charge in [-0.15, -0.1) is 4.83 Å². The van der Waals surface area contributed by atoms with E-state index < -0.39 is 10.0 Å². The van der Waals surface area contributed by atoms with Crippen LogP contribution in [-0.4, -0.2) is 20.0 Å². The van der Waals surface area contributed by atoms with Crippen LogP contribution in [-0.2, 0) is 10.0 Å². The van der Waals surface area contributed by atoms with E-state index in [2.05, 4.69) is 4.83 Å². The van der Waals surface area contributed by atoms with E-state index in [0.29, 0.717) is 6.54 Å². The van der Waals surface area contributed by atoms with Crippen LogP contribution in [0.5, 0.6) is 0 Å². The molecule has 0 atom stereocenters. The fourth-order valence-electron chi connectivity index (χ4n) is 1.34. The van der Waals surface area contributed by atoms with Gasteiger partial charge in [0.1, 0.15) is 0 Å². The van der Waals surface area contributed by atoms with Crippen molar-refractivity contribution in [3.05, 3.63) is 54.8 Å². The second-order valence-corrected chi connectivity index (χ2v) is 4.99. The number of benzene rings is 1. The van der Waals surface area contributed by atoms with Gasteiger partial charge in [0.05, 0.1) is 11.4 Å². The van der Waals surface area contributed by atoms with Gasteiger partial charge in [-0.3, -0.25) is 5.01 Å². The van der Waals surface area contributed by atoms with Crippen LogP contribution in [0.3, 0.4) is 0 Å². The van der Waals surface area contributed by atoms with Gasteiger partial charge in [0.2, 0.25) is 0 Å². The summed E-state index contributed by atoms with van der Waals surface area (Å²) in [6.07, 6.45) is 7.19. The SMILES string of the molecule is O=S(=O)(NN1C=CC=CC1)c1ccccc1. The lowest BCUT2D eigenvalue weighted by atomic mass is 10.4. The third kappa shape index (κ3) is 2.50. The summed E-state index contributed by atoms with van der Waals surface area (Å²) in [7, 11) is -3.47. The Hall–Kier alpha value is -1.59. The van der Waals surface area contributed by atoms with E-state index in [1.165, 1.54) is 5.01 Å². The topological polar surface area (TPSA) is 49.4 Å². The fourth-order valence-corrected chi connectivity index (χ4v) is 2.41. The van der Waals surface area contributed by atoms with Crippen LogP contribution in [0.15, 0.2) is 59.7 Å². The van der Waals surface area contributed by atoms with Gasteiger partial charge in [-0.2, -0.15) is 0 Å². The highest BCUT2D eigenvalue weighted by molar-refractivity contribution is 7.89. The number of hydrogen-bond acceptors (Lipinski definition) is 3. The summed E-state index contributed by atoms with van der Waals surface area (Å²) in [6, 6.07) is 8.29. The van der Waals surface area contributed by atoms with Crippen LogP contribution in [0.2, 0.25) is 0 Å². The predicted octanol–water partition coefficient (Wildman–Crippen LogP) is 1.27. The number of sulfonamides is 1. The molecule has 0 spiro atoms. The number of allylic oxidation sites excluding steroid dienone is 2. The van der Waals surface area contributed by atoms with E-state index in [-0.39, 0.29) is 4.90 Å². The van der Waals surface area contributed by atoms with Crippen LogP contribution < -0.4 is 4.83 Å². The summed E-state index contributed by atoms with van der Waals surface area (Å²) in [4.78, 5) is 2.74. The lowest BCUT2D eigenvalue weighted by Gasteiger charge is -2.21. The first-order chi connectivity index (χ1) is 7.68. The zero-order chi connectivity index (χ0) is 11.4. The van der Waals surface area contributed by atoms with Crippen LogP contribution in [0.4, 0.5) is 0 Å². The average Bonchev–Trinajstić information content (AvgIpc) is 2.31. The molecular weight excluding hydrogens is 224 g/mol. The normalized spacial score (nSPS) is 15.4. The van der Waals surface area contributed by atoms with Gasteiger partial charge < -0.3 is 0 Å². The minimum Gasteiger partial charge on any atom is -0.298 e. The Labute approximate surface area is 94.9 Å². The fraction of sp³-hybridized carbons (Fsp3) is 0.0909. The molecule has 0 unspecified atom stereocenters. The zero-order valence-electron chi connectivity index (χ0n) is 8.58. The van der Waals surface area contributed by atoms with Gasteiger partial charge in [0, 0.05) is 6.20 Å². The van der Waals surface area contributed by atoms with Crippen molar-refractivity contribution in [1.82, 2.24) is 9.84 Å². The molecule has 0 radical (unpaired) electrons. The first-order valence-corrected chi connectivity index (χ1v) is 6.34. The van der Waals surface area contributed by atoms with Crippen molar-refractivity contribution < 1.29 is 8.42 Å². The maximum absolute atomic E-state index is 11.9. The van der Waals surface area contributed by atoms with E-state index in [4.69, 9.17) is 0 Å². The second kappa shape index (κ2) is 4.51. The Morgan fingerprint density at radius 1 is 1.12 bits per heavy atom. The molecule has 1 heterocycles. The van der Waals surface area contributed by atoms with E-state index in [1.54, 1.807) is 42.6 Å². The molecule has 0 bridgehead atoms.